The van der Waals surface area contributed by atoms with Gasteiger partial charge in [-0.05, 0) is 50.0 Å². The second kappa shape index (κ2) is 6.07. The van der Waals surface area contributed by atoms with Crippen molar-refractivity contribution in [3.63, 3.8) is 0 Å². The van der Waals surface area contributed by atoms with Crippen molar-refractivity contribution in [2.45, 2.75) is 19.9 Å². The van der Waals surface area contributed by atoms with Crippen molar-refractivity contribution < 1.29 is 9.84 Å². The first-order valence-electron chi connectivity index (χ1n) is 6.60. The summed E-state index contributed by atoms with van der Waals surface area (Å²) in [6.07, 6.45) is 1.19. The second-order valence-corrected chi connectivity index (χ2v) is 4.86. The van der Waals surface area contributed by atoms with E-state index in [-0.39, 0.29) is 5.75 Å². The number of hydrogen-bond acceptors (Lipinski definition) is 4. The Morgan fingerprint density at radius 3 is 3.00 bits per heavy atom. The number of likely N-dealkylation sites (tertiary alicyclic amines) is 1. The highest BCUT2D eigenvalue weighted by Gasteiger charge is 2.21. The third-order valence-electron chi connectivity index (χ3n) is 3.43. The van der Waals surface area contributed by atoms with Crippen LogP contribution >= 0.6 is 0 Å². The molecular weight excluding hydrogens is 228 g/mol. The molecule has 3 N–H and O–H groups in total. The molecule has 100 valence electrons. The molecule has 2 rings (SSSR count). The Morgan fingerprint density at radius 2 is 2.33 bits per heavy atom. The van der Waals surface area contributed by atoms with E-state index in [0.29, 0.717) is 18.3 Å². The quantitative estimate of drug-likeness (QED) is 0.833. The van der Waals surface area contributed by atoms with Crippen LogP contribution in [0.4, 0.5) is 0 Å². The van der Waals surface area contributed by atoms with Gasteiger partial charge in [-0.15, -0.1) is 0 Å². The number of phenolic OH excluding ortho intramolecular Hbond substituents is 1. The van der Waals surface area contributed by atoms with Crippen molar-refractivity contribution in [3.8, 4) is 11.5 Å². The molecule has 1 unspecified atom stereocenters. The summed E-state index contributed by atoms with van der Waals surface area (Å²) in [5, 5.41) is 9.65. The number of rotatable bonds is 5. The molecule has 0 bridgehead atoms. The zero-order chi connectivity index (χ0) is 13.0. The van der Waals surface area contributed by atoms with Gasteiger partial charge in [0, 0.05) is 13.1 Å². The van der Waals surface area contributed by atoms with Gasteiger partial charge in [0.2, 0.25) is 0 Å². The fourth-order valence-corrected chi connectivity index (χ4v) is 2.44. The average Bonchev–Trinajstić information content (AvgIpc) is 2.81. The Hall–Kier alpha value is -1.26. The lowest BCUT2D eigenvalue weighted by Crippen LogP contribution is -2.22. The first-order chi connectivity index (χ1) is 8.72. The molecule has 0 saturated carbocycles. The lowest BCUT2D eigenvalue weighted by atomic mass is 10.1. The number of benzene rings is 1. The number of ether oxygens (including phenoxy) is 1. The molecule has 1 aromatic rings. The smallest absolute Gasteiger partial charge is 0.161 e. The molecule has 0 amide bonds. The van der Waals surface area contributed by atoms with E-state index in [1.807, 2.05) is 19.1 Å². The zero-order valence-electron chi connectivity index (χ0n) is 10.9. The van der Waals surface area contributed by atoms with Crippen LogP contribution in [0, 0.1) is 5.92 Å². The fraction of sp³-hybridized carbons (Fsp3) is 0.571. The monoisotopic (exact) mass is 250 g/mol. The first-order valence-corrected chi connectivity index (χ1v) is 6.60. The maximum absolute atomic E-state index is 9.65. The molecule has 0 spiro atoms. The predicted octanol–water partition coefficient (Wildman–Crippen LogP) is 1.57. The van der Waals surface area contributed by atoms with E-state index in [1.54, 1.807) is 6.07 Å². The molecule has 0 aromatic heterocycles. The number of hydrogen-bond donors (Lipinski definition) is 2. The first kappa shape index (κ1) is 13.2. The summed E-state index contributed by atoms with van der Waals surface area (Å²) in [4.78, 5) is 2.40. The lowest BCUT2D eigenvalue weighted by molar-refractivity contribution is 0.308. The molecule has 1 aliphatic heterocycles. The largest absolute Gasteiger partial charge is 0.504 e. The summed E-state index contributed by atoms with van der Waals surface area (Å²) >= 11 is 0. The Labute approximate surface area is 108 Å². The minimum Gasteiger partial charge on any atom is -0.504 e. The predicted molar refractivity (Wildman–Crippen MR) is 71.7 cm³/mol. The van der Waals surface area contributed by atoms with Gasteiger partial charge in [0.25, 0.3) is 0 Å². The SMILES string of the molecule is CCOc1cc(CN2CCC(CN)C2)ccc1O. The maximum Gasteiger partial charge on any atom is 0.161 e. The molecule has 1 atom stereocenters. The zero-order valence-corrected chi connectivity index (χ0v) is 10.9. The van der Waals surface area contributed by atoms with Gasteiger partial charge in [-0.25, -0.2) is 0 Å². The van der Waals surface area contributed by atoms with Gasteiger partial charge in [-0.1, -0.05) is 6.07 Å². The highest BCUT2D eigenvalue weighted by Crippen LogP contribution is 2.28. The third-order valence-corrected chi connectivity index (χ3v) is 3.43. The maximum atomic E-state index is 9.65. The molecule has 1 heterocycles. The Kier molecular flexibility index (Phi) is 4.44. The minimum atomic E-state index is 0.210. The number of nitrogens with two attached hydrogens (primary N) is 1. The number of phenols is 1. The summed E-state index contributed by atoms with van der Waals surface area (Å²) < 4.78 is 5.40. The van der Waals surface area contributed by atoms with Crippen LogP contribution in [-0.4, -0.2) is 36.2 Å². The van der Waals surface area contributed by atoms with Gasteiger partial charge < -0.3 is 15.6 Å². The molecule has 1 fully saturated rings. The highest BCUT2D eigenvalue weighted by molar-refractivity contribution is 5.41. The molecule has 4 nitrogen and oxygen atoms in total. The molecule has 0 radical (unpaired) electrons. The fourth-order valence-electron chi connectivity index (χ4n) is 2.44. The summed E-state index contributed by atoms with van der Waals surface area (Å²) in [6.45, 7) is 6.33. The molecule has 1 aliphatic rings. The van der Waals surface area contributed by atoms with Crippen LogP contribution in [-0.2, 0) is 6.54 Å². The van der Waals surface area contributed by atoms with Crippen LogP contribution in [0.2, 0.25) is 0 Å². The normalized spacial score (nSPS) is 20.2. The summed E-state index contributed by atoms with van der Waals surface area (Å²) in [5.41, 5.74) is 6.87. The van der Waals surface area contributed by atoms with E-state index in [9.17, 15) is 5.11 Å². The van der Waals surface area contributed by atoms with Crippen LogP contribution in [0.5, 0.6) is 11.5 Å². The highest BCUT2D eigenvalue weighted by atomic mass is 16.5. The van der Waals surface area contributed by atoms with Gasteiger partial charge in [0.1, 0.15) is 0 Å². The molecule has 1 aromatic carbocycles. The van der Waals surface area contributed by atoms with Crippen molar-refractivity contribution in [2.24, 2.45) is 11.7 Å². The van der Waals surface area contributed by atoms with Crippen molar-refractivity contribution in [3.05, 3.63) is 23.8 Å². The molecule has 4 heteroatoms. The van der Waals surface area contributed by atoms with Crippen molar-refractivity contribution in [1.82, 2.24) is 4.90 Å². The number of nitrogens with zero attached hydrogens (tertiary/aromatic N) is 1. The van der Waals surface area contributed by atoms with E-state index in [4.69, 9.17) is 10.5 Å². The van der Waals surface area contributed by atoms with E-state index >= 15 is 0 Å². The van der Waals surface area contributed by atoms with E-state index in [2.05, 4.69) is 4.90 Å². The van der Waals surface area contributed by atoms with Crippen LogP contribution in [0.1, 0.15) is 18.9 Å². The van der Waals surface area contributed by atoms with E-state index < -0.39 is 0 Å². The van der Waals surface area contributed by atoms with Gasteiger partial charge in [-0.2, -0.15) is 0 Å². The number of aromatic hydroxyl groups is 1. The Bertz CT molecular complexity index is 395. The van der Waals surface area contributed by atoms with Gasteiger partial charge >= 0.3 is 0 Å². The summed E-state index contributed by atoms with van der Waals surface area (Å²) in [7, 11) is 0. The molecular formula is C14H22N2O2. The minimum absolute atomic E-state index is 0.210. The van der Waals surface area contributed by atoms with Crippen molar-refractivity contribution in [2.75, 3.05) is 26.2 Å². The summed E-state index contributed by atoms with van der Waals surface area (Å²) in [6, 6.07) is 5.58. The van der Waals surface area contributed by atoms with Crippen LogP contribution < -0.4 is 10.5 Å². The van der Waals surface area contributed by atoms with Gasteiger partial charge in [0.15, 0.2) is 11.5 Å². The van der Waals surface area contributed by atoms with E-state index in [0.717, 1.165) is 26.2 Å². The van der Waals surface area contributed by atoms with Crippen LogP contribution in [0.25, 0.3) is 0 Å². The van der Waals surface area contributed by atoms with Crippen molar-refractivity contribution >= 4 is 0 Å². The van der Waals surface area contributed by atoms with Crippen LogP contribution in [0.3, 0.4) is 0 Å². The molecule has 0 aliphatic carbocycles. The lowest BCUT2D eigenvalue weighted by Gasteiger charge is -2.16. The average molecular weight is 250 g/mol. The Morgan fingerprint density at radius 1 is 1.50 bits per heavy atom. The van der Waals surface area contributed by atoms with Crippen molar-refractivity contribution in [1.29, 1.82) is 0 Å². The van der Waals surface area contributed by atoms with Gasteiger partial charge in [0.05, 0.1) is 6.61 Å². The third kappa shape index (κ3) is 3.15. The molecule has 1 saturated heterocycles. The Balaban J connectivity index is 1.99. The molecule has 18 heavy (non-hydrogen) atoms. The van der Waals surface area contributed by atoms with E-state index in [1.165, 1.54) is 12.0 Å². The van der Waals surface area contributed by atoms with Gasteiger partial charge in [-0.3, -0.25) is 4.90 Å². The summed E-state index contributed by atoms with van der Waals surface area (Å²) in [5.74, 6) is 1.42. The second-order valence-electron chi connectivity index (χ2n) is 4.86. The van der Waals surface area contributed by atoms with Crippen LogP contribution in [0.15, 0.2) is 18.2 Å². The topological polar surface area (TPSA) is 58.7 Å². The standard InChI is InChI=1S/C14H22N2O2/c1-2-18-14-7-11(3-4-13(14)17)9-16-6-5-12(8-15)10-16/h3-4,7,12,17H,2,5-6,8-10,15H2,1H3.